The quantitative estimate of drug-likeness (QED) is 0.861. The fourth-order valence-electron chi connectivity index (χ4n) is 3.36. The lowest BCUT2D eigenvalue weighted by Gasteiger charge is -2.34. The summed E-state index contributed by atoms with van der Waals surface area (Å²) in [6.07, 6.45) is 1.57. The zero-order chi connectivity index (χ0) is 18.5. The van der Waals surface area contributed by atoms with Gasteiger partial charge in [0.2, 0.25) is 0 Å². The Balaban J connectivity index is 1.72. The molecule has 3 rings (SSSR count). The van der Waals surface area contributed by atoms with Crippen molar-refractivity contribution >= 4 is 5.91 Å². The number of hydrogen-bond acceptors (Lipinski definition) is 4. The van der Waals surface area contributed by atoms with Crippen molar-refractivity contribution in [2.45, 2.75) is 31.4 Å². The lowest BCUT2D eigenvalue weighted by molar-refractivity contribution is 0.0394. The number of β-amino-alcohol motifs (C(OH)–C–C–N with tert-alkyl or cyclic N) is 1. The second-order valence-electron chi connectivity index (χ2n) is 6.78. The maximum atomic E-state index is 12.9. The molecule has 0 bridgehead atoms. The van der Waals surface area contributed by atoms with Crippen molar-refractivity contribution in [3.05, 3.63) is 65.2 Å². The highest BCUT2D eigenvalue weighted by molar-refractivity contribution is 5.95. The molecule has 1 saturated heterocycles. The van der Waals surface area contributed by atoms with E-state index < -0.39 is 6.10 Å². The minimum absolute atomic E-state index is 0.0304. The van der Waals surface area contributed by atoms with Crippen LogP contribution in [0.3, 0.4) is 0 Å². The van der Waals surface area contributed by atoms with E-state index in [1.807, 2.05) is 42.5 Å². The van der Waals surface area contributed by atoms with Crippen LogP contribution in [-0.4, -0.2) is 48.3 Å². The molecule has 0 saturated carbocycles. The van der Waals surface area contributed by atoms with Gasteiger partial charge in [-0.1, -0.05) is 30.3 Å². The van der Waals surface area contributed by atoms with Crippen molar-refractivity contribution in [2.24, 2.45) is 5.73 Å². The molecule has 2 aromatic carbocycles. The first-order valence-corrected chi connectivity index (χ1v) is 9.02. The molecule has 1 amide bonds. The van der Waals surface area contributed by atoms with Gasteiger partial charge in [0.15, 0.2) is 0 Å². The molecule has 3 N–H and O–H groups in total. The van der Waals surface area contributed by atoms with Crippen LogP contribution in [0.15, 0.2) is 48.5 Å². The van der Waals surface area contributed by atoms with Gasteiger partial charge in [0, 0.05) is 24.7 Å². The van der Waals surface area contributed by atoms with Crippen LogP contribution in [-0.2, 0) is 12.8 Å². The third-order valence-corrected chi connectivity index (χ3v) is 4.99. The predicted octanol–water partition coefficient (Wildman–Crippen LogP) is 2.01. The third-order valence-electron chi connectivity index (χ3n) is 4.99. The van der Waals surface area contributed by atoms with Gasteiger partial charge < -0.3 is 20.5 Å². The van der Waals surface area contributed by atoms with Gasteiger partial charge in [-0.25, -0.2) is 0 Å². The average molecular weight is 354 g/mol. The number of aliphatic hydroxyl groups is 1. The molecule has 5 heteroatoms. The Morgan fingerprint density at radius 2 is 2.04 bits per heavy atom. The maximum absolute atomic E-state index is 12.9. The summed E-state index contributed by atoms with van der Waals surface area (Å²) in [5.74, 6) is 0.808. The molecule has 0 radical (unpaired) electrons. The minimum Gasteiger partial charge on any atom is -0.497 e. The molecule has 26 heavy (non-hydrogen) atoms. The predicted molar refractivity (Wildman–Crippen MR) is 101 cm³/mol. The number of carbonyl (C=O) groups excluding carboxylic acids is 1. The smallest absolute Gasteiger partial charge is 0.254 e. The van der Waals surface area contributed by atoms with Crippen LogP contribution >= 0.6 is 0 Å². The van der Waals surface area contributed by atoms with E-state index in [0.29, 0.717) is 25.1 Å². The van der Waals surface area contributed by atoms with Gasteiger partial charge in [-0.05, 0) is 48.6 Å². The van der Waals surface area contributed by atoms with Crippen LogP contribution < -0.4 is 10.5 Å². The van der Waals surface area contributed by atoms with Crippen molar-refractivity contribution in [1.29, 1.82) is 0 Å². The largest absolute Gasteiger partial charge is 0.497 e. The number of nitrogens with zero attached hydrogens (tertiary/aromatic N) is 1. The van der Waals surface area contributed by atoms with E-state index in [1.165, 1.54) is 5.56 Å². The molecule has 138 valence electrons. The second kappa shape index (κ2) is 8.34. The van der Waals surface area contributed by atoms with Crippen molar-refractivity contribution in [3.8, 4) is 5.75 Å². The van der Waals surface area contributed by atoms with Crippen LogP contribution in [0.2, 0.25) is 0 Å². The molecule has 0 unspecified atom stereocenters. The van der Waals surface area contributed by atoms with E-state index in [4.69, 9.17) is 10.5 Å². The fraction of sp³-hybridized carbons (Fsp3) is 0.381. The molecule has 5 nitrogen and oxygen atoms in total. The Bertz CT molecular complexity index is 762. The Labute approximate surface area is 154 Å². The van der Waals surface area contributed by atoms with Crippen LogP contribution in [0.4, 0.5) is 0 Å². The standard InChI is InChI=1S/C21H26N2O3/c1-26-17-7-4-5-15(13-17)9-10-16-6-2-3-8-18(16)21(25)23-12-11-19(22)20(24)14-23/h2-8,13,19-20,24H,9-12,14,22H2,1H3/t19-,20-/m1/s1. The lowest BCUT2D eigenvalue weighted by atomic mass is 9.97. The summed E-state index contributed by atoms with van der Waals surface area (Å²) in [6, 6.07) is 15.4. The summed E-state index contributed by atoms with van der Waals surface area (Å²) in [5, 5.41) is 9.98. The van der Waals surface area contributed by atoms with Crippen LogP contribution in [0.25, 0.3) is 0 Å². The van der Waals surface area contributed by atoms with Gasteiger partial charge in [-0.15, -0.1) is 0 Å². The first-order chi connectivity index (χ1) is 12.6. The molecular weight excluding hydrogens is 328 g/mol. The Morgan fingerprint density at radius 3 is 2.81 bits per heavy atom. The maximum Gasteiger partial charge on any atom is 0.254 e. The number of methoxy groups -OCH3 is 1. The monoisotopic (exact) mass is 354 g/mol. The zero-order valence-corrected chi connectivity index (χ0v) is 15.1. The number of carbonyl (C=O) groups is 1. The van der Waals surface area contributed by atoms with E-state index in [0.717, 1.165) is 24.2 Å². The van der Waals surface area contributed by atoms with Crippen molar-refractivity contribution < 1.29 is 14.6 Å². The second-order valence-corrected chi connectivity index (χ2v) is 6.78. The third kappa shape index (κ3) is 4.23. The molecule has 1 heterocycles. The van der Waals surface area contributed by atoms with Gasteiger partial charge in [-0.3, -0.25) is 4.79 Å². The molecule has 2 aromatic rings. The summed E-state index contributed by atoms with van der Waals surface area (Å²) in [7, 11) is 1.66. The number of hydrogen-bond donors (Lipinski definition) is 2. The van der Waals surface area contributed by atoms with Gasteiger partial charge in [0.05, 0.1) is 13.2 Å². The molecule has 1 aliphatic heterocycles. The van der Waals surface area contributed by atoms with E-state index >= 15 is 0 Å². The van der Waals surface area contributed by atoms with Gasteiger partial charge in [0.25, 0.3) is 5.91 Å². The Morgan fingerprint density at radius 1 is 1.23 bits per heavy atom. The SMILES string of the molecule is COc1cccc(CCc2ccccc2C(=O)N2CC[C@@H](N)[C@H](O)C2)c1. The Kier molecular flexibility index (Phi) is 5.91. The lowest BCUT2D eigenvalue weighted by Crippen LogP contribution is -2.52. The normalized spacial score (nSPS) is 20.0. The van der Waals surface area contributed by atoms with Crippen LogP contribution in [0.1, 0.15) is 27.9 Å². The number of amides is 1. The van der Waals surface area contributed by atoms with Crippen LogP contribution in [0, 0.1) is 0 Å². The number of likely N-dealkylation sites (tertiary alicyclic amines) is 1. The van der Waals surface area contributed by atoms with E-state index in [1.54, 1.807) is 12.0 Å². The zero-order valence-electron chi connectivity index (χ0n) is 15.1. The molecular formula is C21H26N2O3. The summed E-state index contributed by atoms with van der Waals surface area (Å²) >= 11 is 0. The number of rotatable bonds is 5. The van der Waals surface area contributed by atoms with E-state index in [-0.39, 0.29) is 11.9 Å². The highest BCUT2D eigenvalue weighted by Gasteiger charge is 2.28. The fourth-order valence-corrected chi connectivity index (χ4v) is 3.36. The molecule has 0 spiro atoms. The van der Waals surface area contributed by atoms with Gasteiger partial charge in [0.1, 0.15) is 5.75 Å². The molecule has 2 atom stereocenters. The van der Waals surface area contributed by atoms with Crippen LogP contribution in [0.5, 0.6) is 5.75 Å². The molecule has 0 aromatic heterocycles. The summed E-state index contributed by atoms with van der Waals surface area (Å²) in [5.41, 5.74) is 8.74. The minimum atomic E-state index is -0.656. The van der Waals surface area contributed by atoms with Crippen molar-refractivity contribution in [1.82, 2.24) is 4.90 Å². The van der Waals surface area contributed by atoms with E-state index in [2.05, 4.69) is 6.07 Å². The highest BCUT2D eigenvalue weighted by Crippen LogP contribution is 2.19. The number of nitrogens with two attached hydrogens (primary N) is 1. The summed E-state index contributed by atoms with van der Waals surface area (Å²) in [4.78, 5) is 14.6. The topological polar surface area (TPSA) is 75.8 Å². The van der Waals surface area contributed by atoms with Crippen molar-refractivity contribution in [3.63, 3.8) is 0 Å². The number of benzene rings is 2. The van der Waals surface area contributed by atoms with E-state index in [9.17, 15) is 9.90 Å². The molecule has 1 aliphatic rings. The number of aliphatic hydroxyl groups excluding tert-OH is 1. The Hall–Kier alpha value is -2.37. The molecule has 0 aliphatic carbocycles. The number of ether oxygens (including phenoxy) is 1. The average Bonchev–Trinajstić information content (AvgIpc) is 2.68. The first kappa shape index (κ1) is 18.4. The van der Waals surface area contributed by atoms with Gasteiger partial charge in [-0.2, -0.15) is 0 Å². The highest BCUT2D eigenvalue weighted by atomic mass is 16.5. The van der Waals surface area contributed by atoms with Gasteiger partial charge >= 0.3 is 0 Å². The summed E-state index contributed by atoms with van der Waals surface area (Å²) in [6.45, 7) is 0.880. The summed E-state index contributed by atoms with van der Waals surface area (Å²) < 4.78 is 5.27. The van der Waals surface area contributed by atoms with Crippen molar-refractivity contribution in [2.75, 3.05) is 20.2 Å². The number of piperidine rings is 1. The molecule has 1 fully saturated rings. The first-order valence-electron chi connectivity index (χ1n) is 9.02. The number of aryl methyl sites for hydroxylation is 2.